The van der Waals surface area contributed by atoms with Crippen LogP contribution in [-0.2, 0) is 0 Å². The topological polar surface area (TPSA) is 12.0 Å². The molecule has 1 N–H and O–H groups in total. The molecule has 0 heterocycles. The summed E-state index contributed by atoms with van der Waals surface area (Å²) in [5.74, 6) is 2.55. The van der Waals surface area contributed by atoms with E-state index in [2.05, 4.69) is 38.6 Å². The second-order valence-corrected chi connectivity index (χ2v) is 3.72. The molecule has 0 aliphatic carbocycles. The van der Waals surface area contributed by atoms with Crippen molar-refractivity contribution in [3.05, 3.63) is 23.9 Å². The van der Waals surface area contributed by atoms with Crippen LogP contribution in [0.4, 0.5) is 0 Å². The lowest BCUT2D eigenvalue weighted by Gasteiger charge is -2.22. The van der Waals surface area contributed by atoms with Gasteiger partial charge in [0, 0.05) is 18.8 Å². The van der Waals surface area contributed by atoms with E-state index in [1.165, 1.54) is 0 Å². The lowest BCUT2D eigenvalue weighted by molar-refractivity contribution is 0.510. The first-order valence-corrected chi connectivity index (χ1v) is 3.97. The average molecular weight is 163 g/mol. The van der Waals surface area contributed by atoms with E-state index in [1.807, 2.05) is 13.2 Å². The maximum Gasteiger partial charge on any atom is 0.0222 e. The second-order valence-electron chi connectivity index (χ2n) is 3.72. The van der Waals surface area contributed by atoms with E-state index in [4.69, 9.17) is 6.42 Å². The summed E-state index contributed by atoms with van der Waals surface area (Å²) in [4.78, 5) is 0. The molecule has 12 heavy (non-hydrogen) atoms. The molecule has 0 saturated heterocycles. The minimum Gasteiger partial charge on any atom is -0.394 e. The zero-order chi connectivity index (χ0) is 9.78. The van der Waals surface area contributed by atoms with E-state index in [-0.39, 0.29) is 5.41 Å². The molecule has 0 unspecified atom stereocenters. The summed E-state index contributed by atoms with van der Waals surface area (Å²) in [6, 6.07) is 0. The molecular weight excluding hydrogens is 146 g/mol. The molecule has 0 fully saturated rings. The smallest absolute Gasteiger partial charge is 0.0222 e. The predicted octanol–water partition coefficient (Wildman–Crippen LogP) is 2.33. The van der Waals surface area contributed by atoms with Crippen LogP contribution in [0.3, 0.4) is 0 Å². The summed E-state index contributed by atoms with van der Waals surface area (Å²) in [6.07, 6.45) is 7.19. The van der Waals surface area contributed by atoms with E-state index < -0.39 is 0 Å². The third-order valence-electron chi connectivity index (χ3n) is 1.60. The van der Waals surface area contributed by atoms with Crippen molar-refractivity contribution in [1.29, 1.82) is 0 Å². The SMILES string of the molecule is C#CC(=C)/C(=C\NC)C(C)(C)C. The highest BCUT2D eigenvalue weighted by molar-refractivity contribution is 5.44. The van der Waals surface area contributed by atoms with E-state index in [0.717, 1.165) is 11.1 Å². The number of hydrogen-bond acceptors (Lipinski definition) is 1. The highest BCUT2D eigenvalue weighted by Crippen LogP contribution is 2.29. The van der Waals surface area contributed by atoms with Crippen LogP contribution >= 0.6 is 0 Å². The molecule has 1 heteroatoms. The van der Waals surface area contributed by atoms with Gasteiger partial charge in [-0.05, 0) is 11.0 Å². The van der Waals surface area contributed by atoms with Crippen LogP contribution in [0.5, 0.6) is 0 Å². The Balaban J connectivity index is 4.85. The minimum atomic E-state index is 0.0481. The molecule has 0 saturated carbocycles. The summed E-state index contributed by atoms with van der Waals surface area (Å²) in [5, 5.41) is 2.97. The van der Waals surface area contributed by atoms with Gasteiger partial charge >= 0.3 is 0 Å². The minimum absolute atomic E-state index is 0.0481. The Bertz CT molecular complexity index is 233. The maximum atomic E-state index is 5.28. The largest absolute Gasteiger partial charge is 0.394 e. The van der Waals surface area contributed by atoms with Crippen molar-refractivity contribution in [3.63, 3.8) is 0 Å². The molecule has 0 aromatic heterocycles. The summed E-state index contributed by atoms with van der Waals surface area (Å²) in [6.45, 7) is 10.1. The van der Waals surface area contributed by atoms with Crippen molar-refractivity contribution in [2.45, 2.75) is 20.8 Å². The van der Waals surface area contributed by atoms with Gasteiger partial charge in [-0.25, -0.2) is 0 Å². The fourth-order valence-electron chi connectivity index (χ4n) is 0.978. The van der Waals surface area contributed by atoms with Crippen LogP contribution in [0.25, 0.3) is 0 Å². The number of rotatable bonds is 2. The zero-order valence-electron chi connectivity index (χ0n) is 8.36. The van der Waals surface area contributed by atoms with Crippen molar-refractivity contribution in [1.82, 2.24) is 5.32 Å². The Hall–Kier alpha value is -1.16. The average Bonchev–Trinajstić information content (AvgIpc) is 1.96. The van der Waals surface area contributed by atoms with E-state index in [0.29, 0.717) is 0 Å². The van der Waals surface area contributed by atoms with Gasteiger partial charge in [-0.3, -0.25) is 0 Å². The molecule has 1 nitrogen and oxygen atoms in total. The van der Waals surface area contributed by atoms with Gasteiger partial charge in [0.1, 0.15) is 0 Å². The third kappa shape index (κ3) is 2.84. The quantitative estimate of drug-likeness (QED) is 0.486. The molecule has 0 aliphatic heterocycles. The van der Waals surface area contributed by atoms with Gasteiger partial charge in [0.15, 0.2) is 0 Å². The fraction of sp³-hybridized carbons (Fsp3) is 0.455. The molecule has 0 rings (SSSR count). The number of nitrogens with one attached hydrogen (secondary N) is 1. The van der Waals surface area contributed by atoms with E-state index in [9.17, 15) is 0 Å². The lowest BCUT2D eigenvalue weighted by Crippen LogP contribution is -2.13. The van der Waals surface area contributed by atoms with Gasteiger partial charge in [0.25, 0.3) is 0 Å². The van der Waals surface area contributed by atoms with Crippen molar-refractivity contribution >= 4 is 0 Å². The maximum absolute atomic E-state index is 5.28. The molecule has 0 aliphatic rings. The van der Waals surface area contributed by atoms with Crippen molar-refractivity contribution < 1.29 is 0 Å². The van der Waals surface area contributed by atoms with Crippen LogP contribution in [0.15, 0.2) is 23.9 Å². The summed E-state index contributed by atoms with van der Waals surface area (Å²) in [7, 11) is 1.86. The van der Waals surface area contributed by atoms with Gasteiger partial charge in [0.05, 0.1) is 0 Å². The van der Waals surface area contributed by atoms with E-state index >= 15 is 0 Å². The highest BCUT2D eigenvalue weighted by atomic mass is 14.8. The normalized spacial score (nSPS) is 12.1. The summed E-state index contributed by atoms with van der Waals surface area (Å²) < 4.78 is 0. The Kier molecular flexibility index (Phi) is 3.63. The van der Waals surface area contributed by atoms with Gasteiger partial charge in [-0.2, -0.15) is 0 Å². The molecule has 0 bridgehead atoms. The Morgan fingerprint density at radius 1 is 1.50 bits per heavy atom. The van der Waals surface area contributed by atoms with E-state index in [1.54, 1.807) is 0 Å². The number of hydrogen-bond donors (Lipinski definition) is 1. The fourth-order valence-corrected chi connectivity index (χ4v) is 0.978. The standard InChI is InChI=1S/C11H17N/c1-7-9(2)10(8-12-6)11(3,4)5/h1,8,12H,2H2,3-6H3/b10-8+. The van der Waals surface area contributed by atoms with Gasteiger partial charge in [-0.15, -0.1) is 6.42 Å². The number of terminal acetylenes is 1. The molecule has 0 amide bonds. The Morgan fingerprint density at radius 3 is 2.25 bits per heavy atom. The predicted molar refractivity (Wildman–Crippen MR) is 54.6 cm³/mol. The second kappa shape index (κ2) is 4.01. The summed E-state index contributed by atoms with van der Waals surface area (Å²) in [5.41, 5.74) is 1.87. The van der Waals surface area contributed by atoms with Crippen LogP contribution < -0.4 is 5.32 Å². The first kappa shape index (κ1) is 10.8. The molecule has 66 valence electrons. The van der Waals surface area contributed by atoms with Crippen LogP contribution in [-0.4, -0.2) is 7.05 Å². The Morgan fingerprint density at radius 2 is 2.00 bits per heavy atom. The first-order valence-electron chi connectivity index (χ1n) is 3.97. The van der Waals surface area contributed by atoms with Gasteiger partial charge in [-0.1, -0.05) is 33.3 Å². The van der Waals surface area contributed by atoms with Crippen LogP contribution in [0, 0.1) is 17.8 Å². The molecule has 0 aromatic rings. The monoisotopic (exact) mass is 163 g/mol. The molecular formula is C11H17N. The first-order chi connectivity index (χ1) is 5.43. The number of allylic oxidation sites excluding steroid dienone is 2. The third-order valence-corrected chi connectivity index (χ3v) is 1.60. The molecule has 0 radical (unpaired) electrons. The van der Waals surface area contributed by atoms with Gasteiger partial charge in [0.2, 0.25) is 0 Å². The molecule has 0 atom stereocenters. The molecule has 0 spiro atoms. The highest BCUT2D eigenvalue weighted by Gasteiger charge is 2.18. The lowest BCUT2D eigenvalue weighted by atomic mass is 9.83. The zero-order valence-corrected chi connectivity index (χ0v) is 8.36. The summed E-state index contributed by atoms with van der Waals surface area (Å²) >= 11 is 0. The van der Waals surface area contributed by atoms with Crippen molar-refractivity contribution in [2.75, 3.05) is 7.05 Å². The van der Waals surface area contributed by atoms with Crippen LogP contribution in [0.2, 0.25) is 0 Å². The molecule has 0 aromatic carbocycles. The Labute approximate surface area is 75.6 Å². The van der Waals surface area contributed by atoms with Crippen molar-refractivity contribution in [2.24, 2.45) is 5.41 Å². The van der Waals surface area contributed by atoms with Gasteiger partial charge < -0.3 is 5.32 Å². The van der Waals surface area contributed by atoms with Crippen LogP contribution in [0.1, 0.15) is 20.8 Å². The van der Waals surface area contributed by atoms with Crippen molar-refractivity contribution in [3.8, 4) is 12.3 Å².